The van der Waals surface area contributed by atoms with E-state index >= 15 is 0 Å². The molecule has 2 N–H and O–H groups in total. The summed E-state index contributed by atoms with van der Waals surface area (Å²) in [7, 11) is 0. The highest BCUT2D eigenvalue weighted by atomic mass is 19.3. The molecule has 1 aromatic carbocycles. The number of hydrogen-bond donors (Lipinski definition) is 2. The molecule has 1 unspecified atom stereocenters. The van der Waals surface area contributed by atoms with Gasteiger partial charge in [-0.3, -0.25) is 4.79 Å². The van der Waals surface area contributed by atoms with Crippen molar-refractivity contribution in [2.24, 2.45) is 5.92 Å². The first-order valence-electron chi connectivity index (χ1n) is 15.0. The van der Waals surface area contributed by atoms with E-state index in [1.165, 1.54) is 4.90 Å². The summed E-state index contributed by atoms with van der Waals surface area (Å²) in [6, 6.07) is 3.65. The highest BCUT2D eigenvalue weighted by molar-refractivity contribution is 5.93. The van der Waals surface area contributed by atoms with Crippen LogP contribution in [0.25, 0.3) is 11.1 Å². The molecule has 1 atom stereocenters. The molecule has 7 rings (SSSR count). The molecule has 2 aliphatic heterocycles. The van der Waals surface area contributed by atoms with Gasteiger partial charge in [-0.15, -0.1) is 0 Å². The Morgan fingerprint density at radius 2 is 1.77 bits per heavy atom. The van der Waals surface area contributed by atoms with Crippen LogP contribution in [0.1, 0.15) is 91.0 Å². The zero-order valence-corrected chi connectivity index (χ0v) is 23.8. The van der Waals surface area contributed by atoms with Gasteiger partial charge in [0.2, 0.25) is 11.8 Å². The third-order valence-electron chi connectivity index (χ3n) is 9.39. The lowest BCUT2D eigenvalue weighted by atomic mass is 9.80. The second kappa shape index (κ2) is 10.7. The van der Waals surface area contributed by atoms with Gasteiger partial charge in [0.05, 0.1) is 18.6 Å². The van der Waals surface area contributed by atoms with Crippen LogP contribution in [0, 0.1) is 5.92 Å². The number of amides is 3. The summed E-state index contributed by atoms with van der Waals surface area (Å²) in [5.41, 5.74) is 0.794. The van der Waals surface area contributed by atoms with E-state index in [9.17, 15) is 27.2 Å². The lowest BCUT2D eigenvalue weighted by molar-refractivity contribution is -0.0868. The van der Waals surface area contributed by atoms with Crippen LogP contribution in [0.2, 0.25) is 0 Å². The third-order valence-corrected chi connectivity index (χ3v) is 9.39. The minimum Gasteiger partial charge on any atom is -0.438 e. The number of carbonyl (C=O) groups excluding carboxylic acids is 2. The van der Waals surface area contributed by atoms with E-state index in [0.29, 0.717) is 35.2 Å². The van der Waals surface area contributed by atoms with Crippen molar-refractivity contribution < 1.29 is 40.9 Å². The van der Waals surface area contributed by atoms with Gasteiger partial charge >= 0.3 is 6.03 Å². The number of halogens is 4. The number of hydrogen-bond acceptors (Lipinski definition) is 8. The summed E-state index contributed by atoms with van der Waals surface area (Å²) in [5.74, 6) is -6.62. The fourth-order valence-corrected chi connectivity index (χ4v) is 6.76. The van der Waals surface area contributed by atoms with Crippen LogP contribution in [0.3, 0.4) is 0 Å². The van der Waals surface area contributed by atoms with E-state index < -0.39 is 54.4 Å². The summed E-state index contributed by atoms with van der Waals surface area (Å²) in [4.78, 5) is 32.2. The van der Waals surface area contributed by atoms with Crippen LogP contribution in [-0.4, -0.2) is 70.3 Å². The normalized spacial score (nSPS) is 24.2. The number of nitrogens with one attached hydrogen (secondary N) is 2. The molecule has 2 aliphatic carbocycles. The molecule has 4 heterocycles. The minimum atomic E-state index is -3.11. The molecule has 2 saturated heterocycles. The molecule has 4 aliphatic rings. The maximum Gasteiger partial charge on any atom is 0.318 e. The largest absolute Gasteiger partial charge is 0.438 e. The molecule has 0 bridgehead atoms. The Bertz CT molecular complexity index is 1560. The number of alkyl halides is 4. The molecule has 0 radical (unpaired) electrons. The van der Waals surface area contributed by atoms with Gasteiger partial charge in [-0.1, -0.05) is 11.2 Å². The fourth-order valence-electron chi connectivity index (χ4n) is 6.76. The van der Waals surface area contributed by atoms with Gasteiger partial charge in [-0.25, -0.2) is 32.0 Å². The summed E-state index contributed by atoms with van der Waals surface area (Å²) in [6.45, 7) is -0.913. The van der Waals surface area contributed by atoms with Crippen molar-refractivity contribution in [2.45, 2.75) is 80.7 Å². The fraction of sp³-hybridized carbons (Fsp3) is 0.621. The number of rotatable bonds is 7. The number of benzene rings is 1. The Hall–Kier alpha value is -3.75. The van der Waals surface area contributed by atoms with Gasteiger partial charge in [-0.05, 0) is 67.3 Å². The monoisotopic (exact) mass is 620 g/mol. The van der Waals surface area contributed by atoms with Gasteiger partial charge in [0.1, 0.15) is 17.3 Å². The number of carbonyl (C=O) groups is 2. The summed E-state index contributed by atoms with van der Waals surface area (Å²) >= 11 is 0. The Labute approximate surface area is 249 Å². The van der Waals surface area contributed by atoms with E-state index in [2.05, 4.69) is 25.9 Å². The molecule has 236 valence electrons. The van der Waals surface area contributed by atoms with Crippen molar-refractivity contribution in [3.63, 3.8) is 0 Å². The van der Waals surface area contributed by atoms with Crippen molar-refractivity contribution in [3.8, 4) is 0 Å². The third kappa shape index (κ3) is 5.39. The Kier molecular flexibility index (Phi) is 7.05. The topological polar surface area (TPSA) is 136 Å². The molecular formula is C29H32F4N6O5. The van der Waals surface area contributed by atoms with Crippen LogP contribution in [0.15, 0.2) is 27.2 Å². The number of ether oxygens (including phenoxy) is 1. The molecular weight excluding hydrogens is 588 g/mol. The zero-order valence-electron chi connectivity index (χ0n) is 23.8. The van der Waals surface area contributed by atoms with Gasteiger partial charge in [-0.2, -0.15) is 0 Å². The predicted octanol–water partition coefficient (Wildman–Crippen LogP) is 5.05. The van der Waals surface area contributed by atoms with Crippen molar-refractivity contribution in [3.05, 3.63) is 41.0 Å². The second-order valence-corrected chi connectivity index (χ2v) is 12.4. The maximum absolute atomic E-state index is 14.5. The SMILES string of the molecule is O=C(NC(c1nc2cc(C3(N4CC(F)(F)CNC4=O)CCOCC3)ccc2o1)C1CCC(F)(F)CC1)c1nonc1C1CC1. The van der Waals surface area contributed by atoms with Crippen molar-refractivity contribution in [1.82, 2.24) is 30.8 Å². The first-order chi connectivity index (χ1) is 21.0. The van der Waals surface area contributed by atoms with Gasteiger partial charge in [0.25, 0.3) is 11.8 Å². The highest BCUT2D eigenvalue weighted by Gasteiger charge is 2.50. The number of urea groups is 1. The molecule has 2 aromatic heterocycles. The van der Waals surface area contributed by atoms with Crippen molar-refractivity contribution in [2.75, 3.05) is 26.3 Å². The van der Waals surface area contributed by atoms with Crippen LogP contribution < -0.4 is 10.6 Å². The number of aromatic nitrogens is 3. The highest BCUT2D eigenvalue weighted by Crippen LogP contribution is 2.45. The number of nitrogens with zero attached hydrogens (tertiary/aromatic N) is 4. The lowest BCUT2D eigenvalue weighted by Gasteiger charge is -2.49. The zero-order chi connectivity index (χ0) is 30.7. The summed E-state index contributed by atoms with van der Waals surface area (Å²) in [6.07, 6.45) is 1.95. The average Bonchev–Trinajstić information content (AvgIpc) is 3.56. The van der Waals surface area contributed by atoms with Crippen molar-refractivity contribution >= 4 is 23.0 Å². The molecule has 11 nitrogen and oxygen atoms in total. The van der Waals surface area contributed by atoms with E-state index in [1.807, 2.05) is 0 Å². The quantitative estimate of drug-likeness (QED) is 0.351. The van der Waals surface area contributed by atoms with Crippen LogP contribution >= 0.6 is 0 Å². The predicted molar refractivity (Wildman–Crippen MR) is 144 cm³/mol. The van der Waals surface area contributed by atoms with Crippen LogP contribution in [0.4, 0.5) is 22.4 Å². The van der Waals surface area contributed by atoms with E-state index in [-0.39, 0.29) is 56.4 Å². The molecule has 4 fully saturated rings. The molecule has 3 aromatic rings. The molecule has 3 amide bonds. The number of oxazole rings is 1. The first-order valence-corrected chi connectivity index (χ1v) is 15.0. The van der Waals surface area contributed by atoms with Gasteiger partial charge in [0, 0.05) is 32.0 Å². The first kappa shape index (κ1) is 29.0. The maximum atomic E-state index is 14.5. The van der Waals surface area contributed by atoms with Gasteiger partial charge < -0.3 is 24.7 Å². The Balaban J connectivity index is 1.23. The second-order valence-electron chi connectivity index (χ2n) is 12.4. The van der Waals surface area contributed by atoms with E-state index in [1.54, 1.807) is 18.2 Å². The average molecular weight is 621 g/mol. The molecule has 15 heteroatoms. The summed E-state index contributed by atoms with van der Waals surface area (Å²) < 4.78 is 73.7. The van der Waals surface area contributed by atoms with E-state index in [4.69, 9.17) is 13.8 Å². The molecule has 44 heavy (non-hydrogen) atoms. The smallest absolute Gasteiger partial charge is 0.318 e. The Morgan fingerprint density at radius 3 is 2.50 bits per heavy atom. The van der Waals surface area contributed by atoms with Crippen LogP contribution in [0.5, 0.6) is 0 Å². The van der Waals surface area contributed by atoms with E-state index in [0.717, 1.165) is 12.8 Å². The van der Waals surface area contributed by atoms with Gasteiger partial charge in [0.15, 0.2) is 11.3 Å². The minimum absolute atomic E-state index is 0.0510. The Morgan fingerprint density at radius 1 is 1.02 bits per heavy atom. The van der Waals surface area contributed by atoms with Crippen LogP contribution in [-0.2, 0) is 10.3 Å². The lowest BCUT2D eigenvalue weighted by Crippen LogP contribution is -2.64. The summed E-state index contributed by atoms with van der Waals surface area (Å²) in [5, 5.41) is 12.9. The van der Waals surface area contributed by atoms with Crippen molar-refractivity contribution in [1.29, 1.82) is 0 Å². The standard InChI is InChI=1S/C29H32F4N6O5/c30-28(31)7-5-17(6-8-28)22(36-24(40)23-21(16-1-2-16)37-44-38-23)25-35-19-13-18(3-4-20(19)43-25)27(9-11-42-12-10-27)39-15-29(32,33)14-34-26(39)41/h3-4,13,16-17,22H,1-2,5-12,14-15H2,(H,34,41)(H,36,40). The molecule has 2 saturated carbocycles. The molecule has 0 spiro atoms. The number of fused-ring (bicyclic) bond motifs is 1.